The van der Waals surface area contributed by atoms with Crippen molar-refractivity contribution in [2.24, 2.45) is 0 Å². The second-order valence-corrected chi connectivity index (χ2v) is 12.7. The van der Waals surface area contributed by atoms with Crippen LogP contribution in [0.4, 0.5) is 20.6 Å². The molecule has 0 radical (unpaired) electrons. The molecule has 1 aliphatic heterocycles. The van der Waals surface area contributed by atoms with Gasteiger partial charge in [-0.25, -0.2) is 9.18 Å². The van der Waals surface area contributed by atoms with E-state index in [1.165, 1.54) is 25.0 Å². The molecule has 3 amide bonds. The highest BCUT2D eigenvalue weighted by molar-refractivity contribution is 6.04. The lowest BCUT2D eigenvalue weighted by Gasteiger charge is -2.32. The van der Waals surface area contributed by atoms with Gasteiger partial charge in [-0.3, -0.25) is 4.79 Å². The van der Waals surface area contributed by atoms with Gasteiger partial charge in [0.1, 0.15) is 30.0 Å². The maximum Gasteiger partial charge on any atom is 0.319 e. The fraction of sp³-hybridized carbons (Fsp3) is 0.474. The van der Waals surface area contributed by atoms with E-state index < -0.39 is 11.7 Å². The van der Waals surface area contributed by atoms with Gasteiger partial charge >= 0.3 is 6.03 Å². The van der Waals surface area contributed by atoms with Gasteiger partial charge in [-0.15, -0.1) is 0 Å². The number of benzene rings is 3. The zero-order valence-electron chi connectivity index (χ0n) is 29.5. The van der Waals surface area contributed by atoms with Gasteiger partial charge < -0.3 is 40.0 Å². The molecule has 0 saturated carbocycles. The molecule has 0 aliphatic carbocycles. The van der Waals surface area contributed by atoms with E-state index >= 15 is 4.39 Å². The van der Waals surface area contributed by atoms with Gasteiger partial charge in [0.15, 0.2) is 11.5 Å². The van der Waals surface area contributed by atoms with Gasteiger partial charge in [0, 0.05) is 49.1 Å². The van der Waals surface area contributed by atoms with Crippen LogP contribution in [0.1, 0.15) is 69.7 Å². The summed E-state index contributed by atoms with van der Waals surface area (Å²) in [6, 6.07) is 16.0. The van der Waals surface area contributed by atoms with Crippen LogP contribution in [-0.4, -0.2) is 80.8 Å². The minimum atomic E-state index is -0.650. The molecule has 0 bridgehead atoms. The van der Waals surface area contributed by atoms with Crippen LogP contribution < -0.4 is 30.2 Å². The highest BCUT2D eigenvalue weighted by Crippen LogP contribution is 2.35. The second kappa shape index (κ2) is 19.0. The van der Waals surface area contributed by atoms with Crippen molar-refractivity contribution in [3.63, 3.8) is 0 Å². The van der Waals surface area contributed by atoms with E-state index in [2.05, 4.69) is 27.8 Å². The quantitative estimate of drug-likeness (QED) is 0.134. The number of piperidine rings is 1. The van der Waals surface area contributed by atoms with Crippen LogP contribution in [-0.2, 0) is 0 Å². The Morgan fingerprint density at radius 2 is 1.63 bits per heavy atom. The highest BCUT2D eigenvalue weighted by Gasteiger charge is 2.20. The average Bonchev–Trinajstić information content (AvgIpc) is 3.09. The number of halogens is 1. The predicted molar refractivity (Wildman–Crippen MR) is 193 cm³/mol. The van der Waals surface area contributed by atoms with Gasteiger partial charge in [0.05, 0.1) is 5.69 Å². The monoisotopic (exact) mass is 677 g/mol. The summed E-state index contributed by atoms with van der Waals surface area (Å²) < 4.78 is 33.4. The minimum absolute atomic E-state index is 0.0259. The lowest BCUT2D eigenvalue weighted by atomic mass is 10.1. The number of hydrogen-bond donors (Lipinski definition) is 3. The fourth-order valence-corrected chi connectivity index (χ4v) is 5.46. The number of urea groups is 1. The van der Waals surface area contributed by atoms with Gasteiger partial charge in [0.25, 0.3) is 5.91 Å². The van der Waals surface area contributed by atoms with Crippen LogP contribution in [0.5, 0.6) is 23.0 Å². The predicted octanol–water partition coefficient (Wildman–Crippen LogP) is 7.76. The molecule has 0 aromatic heterocycles. The Bertz CT molecular complexity index is 1490. The number of amides is 3. The van der Waals surface area contributed by atoms with E-state index in [9.17, 15) is 9.59 Å². The van der Waals surface area contributed by atoms with Crippen LogP contribution in [0.25, 0.3) is 0 Å². The molecule has 1 fully saturated rings. The molecule has 0 unspecified atom stereocenters. The van der Waals surface area contributed by atoms with Crippen LogP contribution in [0, 0.1) is 5.82 Å². The van der Waals surface area contributed by atoms with Crippen molar-refractivity contribution >= 4 is 23.3 Å². The Morgan fingerprint density at radius 3 is 2.29 bits per heavy atom. The third kappa shape index (κ3) is 11.9. The molecule has 266 valence electrons. The Labute approximate surface area is 290 Å². The van der Waals surface area contributed by atoms with Crippen LogP contribution >= 0.6 is 0 Å². The average molecular weight is 678 g/mol. The molecular weight excluding hydrogens is 625 g/mol. The Balaban J connectivity index is 1.35. The summed E-state index contributed by atoms with van der Waals surface area (Å²) in [6.45, 7) is 10.5. The van der Waals surface area contributed by atoms with E-state index in [0.717, 1.165) is 51.1 Å². The van der Waals surface area contributed by atoms with Crippen molar-refractivity contribution < 1.29 is 28.2 Å². The molecule has 1 heterocycles. The van der Waals surface area contributed by atoms with Gasteiger partial charge in [0.2, 0.25) is 0 Å². The number of likely N-dealkylation sites (N-methyl/N-ethyl adjacent to an activating group) is 1. The third-order valence-corrected chi connectivity index (χ3v) is 8.52. The van der Waals surface area contributed by atoms with E-state index in [4.69, 9.17) is 14.2 Å². The van der Waals surface area contributed by atoms with Crippen molar-refractivity contribution in [2.45, 2.75) is 71.4 Å². The van der Waals surface area contributed by atoms with Gasteiger partial charge in [-0.1, -0.05) is 27.2 Å². The van der Waals surface area contributed by atoms with Crippen LogP contribution in [0.15, 0.2) is 60.7 Å². The van der Waals surface area contributed by atoms with E-state index in [1.807, 2.05) is 32.8 Å². The summed E-state index contributed by atoms with van der Waals surface area (Å²) in [5.74, 6) is 0.599. The summed E-state index contributed by atoms with van der Waals surface area (Å²) in [5.41, 5.74) is 0.948. The summed E-state index contributed by atoms with van der Waals surface area (Å²) in [6.07, 6.45) is 6.21. The molecule has 3 aromatic rings. The first kappa shape index (κ1) is 37.5. The first-order valence-electron chi connectivity index (χ1n) is 17.4. The molecule has 3 N–H and O–H groups in total. The van der Waals surface area contributed by atoms with Gasteiger partial charge in [-0.2, -0.15) is 0 Å². The maximum absolute atomic E-state index is 15.2. The first-order valence-corrected chi connectivity index (χ1v) is 17.4. The molecule has 1 aliphatic rings. The van der Waals surface area contributed by atoms with Crippen molar-refractivity contribution in [2.75, 3.05) is 57.5 Å². The smallest absolute Gasteiger partial charge is 0.319 e. The van der Waals surface area contributed by atoms with Crippen LogP contribution in [0.3, 0.4) is 0 Å². The molecule has 0 atom stereocenters. The first-order chi connectivity index (χ1) is 23.7. The zero-order chi connectivity index (χ0) is 35.2. The Morgan fingerprint density at radius 1 is 0.918 bits per heavy atom. The lowest BCUT2D eigenvalue weighted by Crippen LogP contribution is -2.38. The number of nitrogens with one attached hydrogen (secondary N) is 3. The molecule has 1 saturated heterocycles. The normalized spacial score (nSPS) is 13.7. The Hall–Kier alpha value is -4.35. The number of ether oxygens (including phenoxy) is 3. The molecule has 0 spiro atoms. The lowest BCUT2D eigenvalue weighted by molar-refractivity contribution is 0.0996. The number of anilines is 2. The van der Waals surface area contributed by atoms with E-state index in [1.54, 1.807) is 48.5 Å². The third-order valence-electron chi connectivity index (χ3n) is 8.52. The summed E-state index contributed by atoms with van der Waals surface area (Å²) >= 11 is 0. The number of unbranched alkanes of at least 4 members (excludes halogenated alkanes) is 1. The minimum Gasteiger partial charge on any atom is -0.490 e. The van der Waals surface area contributed by atoms with Crippen molar-refractivity contribution in [3.05, 3.63) is 72.0 Å². The molecule has 3 aromatic carbocycles. The van der Waals surface area contributed by atoms with E-state index in [0.29, 0.717) is 35.9 Å². The maximum atomic E-state index is 15.2. The molecule has 10 nitrogen and oxygen atoms in total. The van der Waals surface area contributed by atoms with Gasteiger partial charge in [-0.05, 0) is 101 Å². The zero-order valence-corrected chi connectivity index (χ0v) is 29.5. The topological polar surface area (TPSA) is 104 Å². The number of nitrogens with zero attached hydrogens (tertiary/aromatic N) is 2. The molecule has 11 heteroatoms. The van der Waals surface area contributed by atoms with Crippen molar-refractivity contribution in [1.82, 2.24) is 15.1 Å². The van der Waals surface area contributed by atoms with Crippen molar-refractivity contribution in [3.8, 4) is 23.0 Å². The second-order valence-electron chi connectivity index (χ2n) is 12.7. The number of hydrogen-bond acceptors (Lipinski definition) is 7. The summed E-state index contributed by atoms with van der Waals surface area (Å²) in [5, 5.41) is 8.44. The SMILES string of the molecule is CCCCN1CCC(Oc2ccc(C(=O)Nc3ccc(Oc4ccc(NC(=O)NC(CC)CC)cc4OCCN(C)C)cc3F)cc2)CC1. The summed E-state index contributed by atoms with van der Waals surface area (Å²) in [4.78, 5) is 29.9. The number of carbonyl (C=O) groups is 2. The highest BCUT2D eigenvalue weighted by atomic mass is 19.1. The van der Waals surface area contributed by atoms with Crippen molar-refractivity contribution in [1.29, 1.82) is 0 Å². The fourth-order valence-electron chi connectivity index (χ4n) is 5.46. The van der Waals surface area contributed by atoms with E-state index in [-0.39, 0.29) is 29.6 Å². The van der Waals surface area contributed by atoms with Crippen LogP contribution in [0.2, 0.25) is 0 Å². The summed E-state index contributed by atoms with van der Waals surface area (Å²) in [7, 11) is 3.88. The number of likely N-dealkylation sites (tertiary alicyclic amines) is 1. The molecular formula is C38H52FN5O5. The largest absolute Gasteiger partial charge is 0.490 e. The number of carbonyl (C=O) groups excluding carboxylic acids is 2. The molecule has 4 rings (SSSR count). The standard InChI is InChI=1S/C38H52FN5O5/c1-6-9-20-44-21-18-31(19-22-44)48-30-13-10-27(11-14-30)37(45)42-34-16-15-32(26-33(34)39)49-35-17-12-29(25-36(35)47-24-23-43(4)5)41-38(46)40-28(7-2)8-3/h10-17,25-26,28,31H,6-9,18-24H2,1-5H3,(H,42,45)(H2,40,41,46). The Kier molecular flexibility index (Phi) is 14.5. The number of rotatable bonds is 17. The molecule has 49 heavy (non-hydrogen) atoms.